The summed E-state index contributed by atoms with van der Waals surface area (Å²) in [6.45, 7) is 9.78. The molecule has 1 aromatic rings. The van der Waals surface area contributed by atoms with Gasteiger partial charge in [0.25, 0.3) is 0 Å². The van der Waals surface area contributed by atoms with Gasteiger partial charge < -0.3 is 15.1 Å². The topological polar surface area (TPSA) is 47.9 Å². The molecule has 3 rings (SSSR count). The molecule has 0 aromatic heterocycles. The lowest BCUT2D eigenvalue weighted by Crippen LogP contribution is -2.46. The van der Waals surface area contributed by atoms with Crippen LogP contribution < -0.4 is 5.32 Å². The molecular formula is C22H34N4O. The summed E-state index contributed by atoms with van der Waals surface area (Å²) in [5.74, 6) is 2.01. The average Bonchev–Trinajstić information content (AvgIpc) is 2.69. The molecule has 148 valence electrons. The Morgan fingerprint density at radius 2 is 2.04 bits per heavy atom. The highest BCUT2D eigenvalue weighted by atomic mass is 16.2. The van der Waals surface area contributed by atoms with E-state index in [2.05, 4.69) is 48.3 Å². The maximum atomic E-state index is 12.6. The minimum absolute atomic E-state index is 0.260. The summed E-state index contributed by atoms with van der Waals surface area (Å²) in [6, 6.07) is 8.46. The number of hydrogen-bond donors (Lipinski definition) is 1. The molecule has 0 radical (unpaired) electrons. The quantitative estimate of drug-likeness (QED) is 0.492. The maximum Gasteiger partial charge on any atom is 0.222 e. The van der Waals surface area contributed by atoms with Gasteiger partial charge in [-0.1, -0.05) is 31.2 Å². The van der Waals surface area contributed by atoms with Crippen molar-refractivity contribution in [1.29, 1.82) is 0 Å². The highest BCUT2D eigenvalue weighted by Crippen LogP contribution is 2.19. The molecule has 2 aliphatic heterocycles. The molecule has 5 heteroatoms. The van der Waals surface area contributed by atoms with E-state index >= 15 is 0 Å². The second-order valence-corrected chi connectivity index (χ2v) is 7.87. The third-order valence-electron chi connectivity index (χ3n) is 5.59. The molecule has 1 aromatic carbocycles. The zero-order valence-electron chi connectivity index (χ0n) is 16.9. The van der Waals surface area contributed by atoms with Crippen LogP contribution in [-0.4, -0.2) is 54.4 Å². The predicted molar refractivity (Wildman–Crippen MR) is 111 cm³/mol. The Morgan fingerprint density at radius 1 is 1.22 bits per heavy atom. The summed E-state index contributed by atoms with van der Waals surface area (Å²) < 4.78 is 0. The number of likely N-dealkylation sites (tertiary alicyclic amines) is 1. The van der Waals surface area contributed by atoms with E-state index in [1.54, 1.807) is 0 Å². The molecule has 1 saturated heterocycles. The summed E-state index contributed by atoms with van der Waals surface area (Å²) in [4.78, 5) is 21.7. The van der Waals surface area contributed by atoms with Gasteiger partial charge in [-0.15, -0.1) is 0 Å². The van der Waals surface area contributed by atoms with Crippen LogP contribution in [0.25, 0.3) is 0 Å². The molecule has 1 unspecified atom stereocenters. The summed E-state index contributed by atoms with van der Waals surface area (Å²) in [7, 11) is 0. The zero-order valence-corrected chi connectivity index (χ0v) is 16.9. The van der Waals surface area contributed by atoms with E-state index < -0.39 is 0 Å². The van der Waals surface area contributed by atoms with Crippen LogP contribution in [-0.2, 0) is 17.8 Å². The summed E-state index contributed by atoms with van der Waals surface area (Å²) in [6.07, 6.45) is 4.92. The van der Waals surface area contributed by atoms with Gasteiger partial charge in [0, 0.05) is 45.7 Å². The third kappa shape index (κ3) is 5.47. The summed E-state index contributed by atoms with van der Waals surface area (Å²) >= 11 is 0. The second kappa shape index (κ2) is 9.77. The molecule has 1 fully saturated rings. The van der Waals surface area contributed by atoms with Crippen molar-refractivity contribution >= 4 is 11.9 Å². The first-order valence-electron chi connectivity index (χ1n) is 10.5. The molecule has 1 N–H and O–H groups in total. The van der Waals surface area contributed by atoms with E-state index in [0.29, 0.717) is 13.0 Å². The number of piperidine rings is 1. The van der Waals surface area contributed by atoms with Crippen molar-refractivity contribution in [1.82, 2.24) is 15.1 Å². The molecule has 1 atom stereocenters. The van der Waals surface area contributed by atoms with E-state index in [0.717, 1.165) is 57.4 Å². The lowest BCUT2D eigenvalue weighted by molar-refractivity contribution is -0.132. The number of nitrogens with zero attached hydrogens (tertiary/aromatic N) is 3. The van der Waals surface area contributed by atoms with Crippen molar-refractivity contribution in [3.05, 3.63) is 35.4 Å². The molecular weight excluding hydrogens is 336 g/mol. The number of amides is 1. The molecule has 1 amide bonds. The first-order valence-corrected chi connectivity index (χ1v) is 10.5. The Balaban J connectivity index is 1.46. The fraction of sp³-hybridized carbons (Fsp3) is 0.636. The van der Waals surface area contributed by atoms with Gasteiger partial charge >= 0.3 is 0 Å². The van der Waals surface area contributed by atoms with Crippen molar-refractivity contribution in [3.63, 3.8) is 0 Å². The summed E-state index contributed by atoms with van der Waals surface area (Å²) in [5.41, 5.74) is 2.68. The third-order valence-corrected chi connectivity index (χ3v) is 5.59. The number of guanidine groups is 1. The van der Waals surface area contributed by atoms with Gasteiger partial charge in [0.05, 0.1) is 0 Å². The fourth-order valence-electron chi connectivity index (χ4n) is 4.09. The van der Waals surface area contributed by atoms with Crippen molar-refractivity contribution in [2.45, 2.75) is 52.5 Å². The Morgan fingerprint density at radius 3 is 2.81 bits per heavy atom. The number of benzene rings is 1. The number of aliphatic imine (C=N–C) groups is 1. The normalized spacial score (nSPS) is 20.4. The van der Waals surface area contributed by atoms with E-state index in [4.69, 9.17) is 4.99 Å². The van der Waals surface area contributed by atoms with E-state index in [1.165, 1.54) is 24.0 Å². The first kappa shape index (κ1) is 19.7. The van der Waals surface area contributed by atoms with Crippen LogP contribution in [0.15, 0.2) is 29.3 Å². The van der Waals surface area contributed by atoms with Crippen molar-refractivity contribution in [2.75, 3.05) is 32.7 Å². The number of carbonyl (C=O) groups is 1. The monoisotopic (exact) mass is 370 g/mol. The number of nitrogens with one attached hydrogen (secondary N) is 1. The first-order chi connectivity index (χ1) is 13.2. The molecule has 27 heavy (non-hydrogen) atoms. The molecule has 0 aliphatic carbocycles. The Bertz CT molecular complexity index is 657. The minimum atomic E-state index is 0.260. The lowest BCUT2D eigenvalue weighted by atomic mass is 9.99. The van der Waals surface area contributed by atoms with E-state index in [1.807, 2.05) is 4.90 Å². The number of fused-ring (bicyclic) bond motifs is 1. The van der Waals surface area contributed by atoms with Gasteiger partial charge in [0.1, 0.15) is 0 Å². The van der Waals surface area contributed by atoms with Gasteiger partial charge in [0.2, 0.25) is 5.91 Å². The van der Waals surface area contributed by atoms with Crippen molar-refractivity contribution in [3.8, 4) is 0 Å². The van der Waals surface area contributed by atoms with Crippen molar-refractivity contribution in [2.24, 2.45) is 10.9 Å². The molecule has 0 bridgehead atoms. The van der Waals surface area contributed by atoms with E-state index in [9.17, 15) is 4.79 Å². The van der Waals surface area contributed by atoms with Crippen LogP contribution in [0.3, 0.4) is 0 Å². The van der Waals surface area contributed by atoms with Gasteiger partial charge in [-0.25, -0.2) is 0 Å². The van der Waals surface area contributed by atoms with Crippen LogP contribution >= 0.6 is 0 Å². The molecule has 5 nitrogen and oxygen atoms in total. The Labute approximate surface area is 163 Å². The molecule has 2 aliphatic rings. The van der Waals surface area contributed by atoms with Crippen LogP contribution in [0.4, 0.5) is 0 Å². The van der Waals surface area contributed by atoms with Gasteiger partial charge in [0.15, 0.2) is 5.96 Å². The van der Waals surface area contributed by atoms with Gasteiger partial charge in [-0.3, -0.25) is 9.79 Å². The molecule has 2 heterocycles. The van der Waals surface area contributed by atoms with Gasteiger partial charge in [-0.2, -0.15) is 0 Å². The largest absolute Gasteiger partial charge is 0.357 e. The number of rotatable bonds is 5. The SMILES string of the molecule is CCNC(=NCCCC(=O)N1CCc2ccccc2C1)N1CCCC(C)C1. The highest BCUT2D eigenvalue weighted by Gasteiger charge is 2.21. The smallest absolute Gasteiger partial charge is 0.222 e. The fourth-order valence-corrected chi connectivity index (χ4v) is 4.09. The maximum absolute atomic E-state index is 12.6. The lowest BCUT2D eigenvalue weighted by Gasteiger charge is -2.33. The van der Waals surface area contributed by atoms with Crippen LogP contribution in [0, 0.1) is 5.92 Å². The van der Waals surface area contributed by atoms with Crippen LogP contribution in [0.5, 0.6) is 0 Å². The Kier molecular flexibility index (Phi) is 7.13. The van der Waals surface area contributed by atoms with Crippen LogP contribution in [0.2, 0.25) is 0 Å². The standard InChI is InChI=1S/C22H34N4O/c1-3-23-22(26-14-7-8-18(2)16-26)24-13-6-11-21(27)25-15-12-19-9-4-5-10-20(19)17-25/h4-5,9-10,18H,3,6-8,11-17H2,1-2H3,(H,23,24). The average molecular weight is 371 g/mol. The highest BCUT2D eigenvalue weighted by molar-refractivity contribution is 5.80. The number of carbonyl (C=O) groups excluding carboxylic acids is 1. The van der Waals surface area contributed by atoms with Crippen LogP contribution in [0.1, 0.15) is 50.7 Å². The molecule has 0 saturated carbocycles. The Hall–Kier alpha value is -2.04. The predicted octanol–water partition coefficient (Wildman–Crippen LogP) is 3.05. The van der Waals surface area contributed by atoms with E-state index in [-0.39, 0.29) is 5.91 Å². The number of hydrogen-bond acceptors (Lipinski definition) is 2. The van der Waals surface area contributed by atoms with Crippen molar-refractivity contribution < 1.29 is 4.79 Å². The summed E-state index contributed by atoms with van der Waals surface area (Å²) in [5, 5.41) is 3.42. The van der Waals surface area contributed by atoms with Gasteiger partial charge in [-0.05, 0) is 49.7 Å². The molecule has 0 spiro atoms. The minimum Gasteiger partial charge on any atom is -0.357 e. The zero-order chi connectivity index (χ0) is 19.1. The second-order valence-electron chi connectivity index (χ2n) is 7.87.